The normalized spacial score (nSPS) is 11.4. The summed E-state index contributed by atoms with van der Waals surface area (Å²) in [6.07, 6.45) is 1.66. The SMILES string of the molecule is CCNC(=NCc1cc(C(C)C)no1)NCc1ccco1.I. The molecular weight excluding hydrogens is 395 g/mol. The Kier molecular flexibility index (Phi) is 8.00. The number of halogens is 1. The number of furan rings is 1. The first kappa shape index (κ1) is 18.5. The van der Waals surface area contributed by atoms with Gasteiger partial charge < -0.3 is 19.6 Å². The van der Waals surface area contributed by atoms with Gasteiger partial charge in [0.25, 0.3) is 0 Å². The number of hydrogen-bond donors (Lipinski definition) is 2. The second kappa shape index (κ2) is 9.50. The lowest BCUT2D eigenvalue weighted by Crippen LogP contribution is -2.36. The number of rotatable bonds is 6. The molecule has 0 aromatic carbocycles. The molecule has 0 spiro atoms. The first-order chi connectivity index (χ1) is 10.2. The van der Waals surface area contributed by atoms with Crippen molar-refractivity contribution in [1.29, 1.82) is 0 Å². The molecule has 0 saturated heterocycles. The maximum absolute atomic E-state index is 5.28. The predicted molar refractivity (Wildman–Crippen MR) is 96.4 cm³/mol. The highest BCUT2D eigenvalue weighted by Crippen LogP contribution is 2.14. The molecule has 2 heterocycles. The van der Waals surface area contributed by atoms with Gasteiger partial charge in [0.15, 0.2) is 11.7 Å². The lowest BCUT2D eigenvalue weighted by atomic mass is 10.1. The molecule has 2 aromatic rings. The fourth-order valence-corrected chi connectivity index (χ4v) is 1.76. The monoisotopic (exact) mass is 418 g/mol. The Hall–Kier alpha value is -1.51. The van der Waals surface area contributed by atoms with Gasteiger partial charge >= 0.3 is 0 Å². The molecule has 2 aromatic heterocycles. The number of aliphatic imine (C=N–C) groups is 1. The molecular formula is C15H23IN4O2. The van der Waals surface area contributed by atoms with Gasteiger partial charge in [-0.25, -0.2) is 4.99 Å². The van der Waals surface area contributed by atoms with Gasteiger partial charge in [0, 0.05) is 12.6 Å². The number of guanidine groups is 1. The highest BCUT2D eigenvalue weighted by molar-refractivity contribution is 14.0. The van der Waals surface area contributed by atoms with Crippen molar-refractivity contribution < 1.29 is 8.94 Å². The highest BCUT2D eigenvalue weighted by atomic mass is 127. The van der Waals surface area contributed by atoms with Crippen LogP contribution in [-0.4, -0.2) is 17.7 Å². The van der Waals surface area contributed by atoms with Gasteiger partial charge in [-0.3, -0.25) is 0 Å². The maximum atomic E-state index is 5.28. The van der Waals surface area contributed by atoms with E-state index in [4.69, 9.17) is 8.94 Å². The summed E-state index contributed by atoms with van der Waals surface area (Å²) < 4.78 is 10.6. The van der Waals surface area contributed by atoms with E-state index in [-0.39, 0.29) is 24.0 Å². The fraction of sp³-hybridized carbons (Fsp3) is 0.467. The first-order valence-electron chi connectivity index (χ1n) is 7.19. The summed E-state index contributed by atoms with van der Waals surface area (Å²) in [5, 5.41) is 10.4. The lowest BCUT2D eigenvalue weighted by molar-refractivity contribution is 0.376. The van der Waals surface area contributed by atoms with E-state index in [9.17, 15) is 0 Å². The van der Waals surface area contributed by atoms with E-state index in [1.54, 1.807) is 6.26 Å². The molecule has 6 nitrogen and oxygen atoms in total. The van der Waals surface area contributed by atoms with Crippen LogP contribution in [0.4, 0.5) is 0 Å². The molecule has 2 N–H and O–H groups in total. The summed E-state index contributed by atoms with van der Waals surface area (Å²) in [6.45, 7) is 8.02. The number of hydrogen-bond acceptors (Lipinski definition) is 4. The van der Waals surface area contributed by atoms with E-state index in [2.05, 4.69) is 34.6 Å². The Labute approximate surface area is 147 Å². The van der Waals surface area contributed by atoms with E-state index in [1.165, 1.54) is 0 Å². The van der Waals surface area contributed by atoms with Crippen molar-refractivity contribution in [2.75, 3.05) is 6.54 Å². The quantitative estimate of drug-likeness (QED) is 0.428. The highest BCUT2D eigenvalue weighted by Gasteiger charge is 2.07. The van der Waals surface area contributed by atoms with Crippen molar-refractivity contribution in [1.82, 2.24) is 15.8 Å². The van der Waals surface area contributed by atoms with Crippen molar-refractivity contribution >= 4 is 29.9 Å². The van der Waals surface area contributed by atoms with Crippen LogP contribution < -0.4 is 10.6 Å². The zero-order valence-electron chi connectivity index (χ0n) is 13.1. The van der Waals surface area contributed by atoms with Crippen LogP contribution >= 0.6 is 24.0 Å². The Morgan fingerprint density at radius 2 is 2.14 bits per heavy atom. The lowest BCUT2D eigenvalue weighted by Gasteiger charge is -2.09. The zero-order chi connectivity index (χ0) is 15.1. The van der Waals surface area contributed by atoms with Gasteiger partial charge in [-0.15, -0.1) is 24.0 Å². The molecule has 122 valence electrons. The Morgan fingerprint density at radius 1 is 1.32 bits per heavy atom. The molecule has 0 atom stereocenters. The number of nitrogens with zero attached hydrogens (tertiary/aromatic N) is 2. The molecule has 7 heteroatoms. The van der Waals surface area contributed by atoms with Crippen LogP contribution in [0, 0.1) is 0 Å². The molecule has 0 unspecified atom stereocenters. The molecule has 0 aliphatic carbocycles. The Morgan fingerprint density at radius 3 is 2.73 bits per heavy atom. The molecule has 22 heavy (non-hydrogen) atoms. The molecule has 0 amide bonds. The van der Waals surface area contributed by atoms with Crippen LogP contribution in [0.1, 0.15) is 43.9 Å². The van der Waals surface area contributed by atoms with Crippen LogP contribution in [0.2, 0.25) is 0 Å². The van der Waals surface area contributed by atoms with E-state index >= 15 is 0 Å². The van der Waals surface area contributed by atoms with Crippen LogP contribution in [0.25, 0.3) is 0 Å². The van der Waals surface area contributed by atoms with Gasteiger partial charge in [0.2, 0.25) is 0 Å². The molecule has 0 saturated carbocycles. The average molecular weight is 418 g/mol. The van der Waals surface area contributed by atoms with Gasteiger partial charge in [0.05, 0.1) is 18.5 Å². The van der Waals surface area contributed by atoms with Crippen molar-refractivity contribution in [3.63, 3.8) is 0 Å². The van der Waals surface area contributed by atoms with Crippen molar-refractivity contribution in [3.8, 4) is 0 Å². The fourth-order valence-electron chi connectivity index (χ4n) is 1.76. The predicted octanol–water partition coefficient (Wildman–Crippen LogP) is 3.26. The van der Waals surface area contributed by atoms with E-state index in [0.717, 1.165) is 29.7 Å². The summed E-state index contributed by atoms with van der Waals surface area (Å²) in [4.78, 5) is 4.47. The molecule has 0 fully saturated rings. The van der Waals surface area contributed by atoms with Crippen molar-refractivity contribution in [3.05, 3.63) is 41.7 Å². The molecule has 2 rings (SSSR count). The summed E-state index contributed by atoms with van der Waals surface area (Å²) in [5.74, 6) is 2.70. The van der Waals surface area contributed by atoms with Gasteiger partial charge in [-0.2, -0.15) is 0 Å². The third-order valence-corrected chi connectivity index (χ3v) is 2.92. The van der Waals surface area contributed by atoms with E-state index < -0.39 is 0 Å². The van der Waals surface area contributed by atoms with Gasteiger partial charge in [-0.1, -0.05) is 19.0 Å². The largest absolute Gasteiger partial charge is 0.467 e. The number of aromatic nitrogens is 1. The maximum Gasteiger partial charge on any atom is 0.192 e. The zero-order valence-corrected chi connectivity index (χ0v) is 15.5. The molecule has 0 bridgehead atoms. The van der Waals surface area contributed by atoms with Crippen LogP contribution in [-0.2, 0) is 13.1 Å². The van der Waals surface area contributed by atoms with Crippen molar-refractivity contribution in [2.24, 2.45) is 4.99 Å². The summed E-state index contributed by atoms with van der Waals surface area (Å²) in [7, 11) is 0. The molecule has 0 aliphatic heterocycles. The third kappa shape index (κ3) is 5.70. The minimum Gasteiger partial charge on any atom is -0.467 e. The smallest absolute Gasteiger partial charge is 0.192 e. The molecule has 0 aliphatic rings. The minimum absolute atomic E-state index is 0. The van der Waals surface area contributed by atoms with E-state index in [1.807, 2.05) is 25.1 Å². The first-order valence-corrected chi connectivity index (χ1v) is 7.19. The van der Waals surface area contributed by atoms with Crippen LogP contribution in [0.15, 0.2) is 38.4 Å². The Bertz CT molecular complexity index is 564. The van der Waals surface area contributed by atoms with Crippen molar-refractivity contribution in [2.45, 2.75) is 39.8 Å². The number of nitrogens with one attached hydrogen (secondary N) is 2. The second-order valence-electron chi connectivity index (χ2n) is 5.00. The topological polar surface area (TPSA) is 75.6 Å². The molecule has 0 radical (unpaired) electrons. The van der Waals surface area contributed by atoms with Crippen LogP contribution in [0.3, 0.4) is 0 Å². The standard InChI is InChI=1S/C15H22N4O2.HI/c1-4-16-15(17-9-12-6-5-7-20-12)18-10-13-8-14(11(2)3)19-21-13;/h5-8,11H,4,9-10H2,1-3H3,(H2,16,17,18);1H. The van der Waals surface area contributed by atoms with Crippen LogP contribution in [0.5, 0.6) is 0 Å². The third-order valence-electron chi connectivity index (χ3n) is 2.92. The van der Waals surface area contributed by atoms with Gasteiger partial charge in [-0.05, 0) is 25.0 Å². The van der Waals surface area contributed by atoms with E-state index in [0.29, 0.717) is 19.0 Å². The summed E-state index contributed by atoms with van der Waals surface area (Å²) in [5.41, 5.74) is 0.953. The summed E-state index contributed by atoms with van der Waals surface area (Å²) >= 11 is 0. The Balaban J connectivity index is 0.00000242. The average Bonchev–Trinajstić information content (AvgIpc) is 3.13. The minimum atomic E-state index is 0. The van der Waals surface area contributed by atoms with Gasteiger partial charge in [0.1, 0.15) is 12.3 Å². The summed E-state index contributed by atoms with van der Waals surface area (Å²) in [6, 6.07) is 5.73. The second-order valence-corrected chi connectivity index (χ2v) is 5.00.